The van der Waals surface area contributed by atoms with Crippen LogP contribution >= 0.6 is 11.6 Å². The summed E-state index contributed by atoms with van der Waals surface area (Å²) in [7, 11) is 0. The fourth-order valence-electron chi connectivity index (χ4n) is 2.65. The zero-order valence-corrected chi connectivity index (χ0v) is 12.2. The van der Waals surface area contributed by atoms with Crippen molar-refractivity contribution in [3.63, 3.8) is 0 Å². The van der Waals surface area contributed by atoms with E-state index in [1.54, 1.807) is 6.07 Å². The minimum absolute atomic E-state index is 0.0225. The minimum atomic E-state index is -0.847. The smallest absolute Gasteiger partial charge is 0.307 e. The second-order valence-electron chi connectivity index (χ2n) is 5.06. The molecule has 0 radical (unpaired) electrons. The first-order valence-corrected chi connectivity index (χ1v) is 7.02. The summed E-state index contributed by atoms with van der Waals surface area (Å²) < 4.78 is 0. The molecule has 0 aliphatic heterocycles. The van der Waals surface area contributed by atoms with Crippen LogP contribution in [0.1, 0.15) is 11.1 Å². The Morgan fingerprint density at radius 2 is 2.00 bits per heavy atom. The number of hydrogen-bond acceptors (Lipinski definition) is 1. The van der Waals surface area contributed by atoms with Crippen LogP contribution in [0.15, 0.2) is 42.5 Å². The standard InChI is InChI=1S/C17H14ClNO2/c1-10-4-2-7-13-14(9-15(20)21)17(19-16(10)13)11-5-3-6-12(18)8-11/h2-8,19H,9H2,1H3,(H,20,21). The molecule has 3 aromatic rings. The lowest BCUT2D eigenvalue weighted by Crippen LogP contribution is -2.00. The van der Waals surface area contributed by atoms with Crippen molar-refractivity contribution in [2.45, 2.75) is 13.3 Å². The lowest BCUT2D eigenvalue weighted by atomic mass is 10.0. The van der Waals surface area contributed by atoms with E-state index < -0.39 is 5.97 Å². The van der Waals surface area contributed by atoms with Gasteiger partial charge in [-0.05, 0) is 35.7 Å². The highest BCUT2D eigenvalue weighted by Gasteiger charge is 2.16. The number of aromatic amines is 1. The van der Waals surface area contributed by atoms with Crippen molar-refractivity contribution in [1.29, 1.82) is 0 Å². The third-order valence-electron chi connectivity index (χ3n) is 3.59. The molecule has 0 aliphatic carbocycles. The number of carboxylic acids is 1. The Morgan fingerprint density at radius 1 is 1.24 bits per heavy atom. The monoisotopic (exact) mass is 299 g/mol. The zero-order valence-electron chi connectivity index (χ0n) is 11.5. The molecule has 0 saturated carbocycles. The number of para-hydroxylation sites is 1. The van der Waals surface area contributed by atoms with E-state index in [-0.39, 0.29) is 6.42 Å². The predicted octanol–water partition coefficient (Wildman–Crippen LogP) is 4.42. The molecular formula is C17H14ClNO2. The molecule has 2 N–H and O–H groups in total. The Morgan fingerprint density at radius 3 is 2.71 bits per heavy atom. The first kappa shape index (κ1) is 13.7. The van der Waals surface area contributed by atoms with Crippen molar-refractivity contribution in [3.8, 4) is 11.3 Å². The van der Waals surface area contributed by atoms with Gasteiger partial charge in [0.15, 0.2) is 0 Å². The first-order valence-electron chi connectivity index (χ1n) is 6.64. The maximum absolute atomic E-state index is 11.2. The van der Waals surface area contributed by atoms with Gasteiger partial charge in [-0.25, -0.2) is 0 Å². The van der Waals surface area contributed by atoms with Crippen LogP contribution in [0.3, 0.4) is 0 Å². The van der Waals surface area contributed by atoms with E-state index in [4.69, 9.17) is 11.6 Å². The number of aryl methyl sites for hydroxylation is 1. The Bertz CT molecular complexity index is 836. The molecule has 106 valence electrons. The van der Waals surface area contributed by atoms with Gasteiger partial charge in [-0.15, -0.1) is 0 Å². The molecule has 3 rings (SSSR count). The van der Waals surface area contributed by atoms with Crippen molar-refractivity contribution in [3.05, 3.63) is 58.6 Å². The molecule has 0 unspecified atom stereocenters. The largest absolute Gasteiger partial charge is 0.481 e. The van der Waals surface area contributed by atoms with Crippen LogP contribution in [0.4, 0.5) is 0 Å². The number of carbonyl (C=O) groups is 1. The summed E-state index contributed by atoms with van der Waals surface area (Å²) in [5.41, 5.74) is 4.58. The van der Waals surface area contributed by atoms with E-state index in [0.717, 1.165) is 33.3 Å². The van der Waals surface area contributed by atoms with Crippen LogP contribution in [0.5, 0.6) is 0 Å². The quantitative estimate of drug-likeness (QED) is 0.752. The molecule has 21 heavy (non-hydrogen) atoms. The SMILES string of the molecule is Cc1cccc2c(CC(=O)O)c(-c3cccc(Cl)c3)[nH]c12. The number of hydrogen-bond donors (Lipinski definition) is 2. The van der Waals surface area contributed by atoms with E-state index in [2.05, 4.69) is 4.98 Å². The lowest BCUT2D eigenvalue weighted by Gasteiger charge is -2.03. The van der Waals surface area contributed by atoms with E-state index in [1.807, 2.05) is 43.3 Å². The van der Waals surface area contributed by atoms with Gasteiger partial charge in [-0.2, -0.15) is 0 Å². The molecular weight excluding hydrogens is 286 g/mol. The number of halogens is 1. The van der Waals surface area contributed by atoms with Gasteiger partial charge in [0.25, 0.3) is 0 Å². The number of benzene rings is 2. The van der Waals surface area contributed by atoms with Crippen LogP contribution in [0, 0.1) is 6.92 Å². The number of fused-ring (bicyclic) bond motifs is 1. The molecule has 0 bridgehead atoms. The highest BCUT2D eigenvalue weighted by Crippen LogP contribution is 2.33. The van der Waals surface area contributed by atoms with Gasteiger partial charge in [0.05, 0.1) is 12.1 Å². The fourth-order valence-corrected chi connectivity index (χ4v) is 2.84. The van der Waals surface area contributed by atoms with Crippen LogP contribution < -0.4 is 0 Å². The second kappa shape index (κ2) is 5.26. The van der Waals surface area contributed by atoms with Gasteiger partial charge in [0, 0.05) is 15.9 Å². The number of aliphatic carboxylic acids is 1. The van der Waals surface area contributed by atoms with Gasteiger partial charge in [-0.3, -0.25) is 4.79 Å². The van der Waals surface area contributed by atoms with E-state index in [0.29, 0.717) is 5.02 Å². The summed E-state index contributed by atoms with van der Waals surface area (Å²) >= 11 is 6.05. The minimum Gasteiger partial charge on any atom is -0.481 e. The zero-order chi connectivity index (χ0) is 15.0. The van der Waals surface area contributed by atoms with Crippen molar-refractivity contribution in [1.82, 2.24) is 4.98 Å². The molecule has 0 atom stereocenters. The molecule has 4 heteroatoms. The van der Waals surface area contributed by atoms with Gasteiger partial charge in [0.1, 0.15) is 0 Å². The third-order valence-corrected chi connectivity index (χ3v) is 3.83. The normalized spacial score (nSPS) is 11.0. The average Bonchev–Trinajstić information content (AvgIpc) is 2.79. The van der Waals surface area contributed by atoms with Gasteiger partial charge in [-0.1, -0.05) is 41.9 Å². The Labute approximate surface area is 127 Å². The lowest BCUT2D eigenvalue weighted by molar-refractivity contribution is -0.136. The van der Waals surface area contributed by atoms with Crippen molar-refractivity contribution >= 4 is 28.5 Å². The number of aromatic nitrogens is 1. The van der Waals surface area contributed by atoms with E-state index in [9.17, 15) is 9.90 Å². The Hall–Kier alpha value is -2.26. The average molecular weight is 300 g/mol. The summed E-state index contributed by atoms with van der Waals surface area (Å²) in [6.45, 7) is 2.01. The first-order chi connectivity index (χ1) is 10.1. The van der Waals surface area contributed by atoms with Crippen LogP contribution in [-0.2, 0) is 11.2 Å². The summed E-state index contributed by atoms with van der Waals surface area (Å²) in [4.78, 5) is 14.6. The third kappa shape index (κ3) is 2.52. The van der Waals surface area contributed by atoms with Crippen molar-refractivity contribution in [2.75, 3.05) is 0 Å². The molecule has 0 aliphatic rings. The van der Waals surface area contributed by atoms with E-state index in [1.165, 1.54) is 0 Å². The highest BCUT2D eigenvalue weighted by atomic mass is 35.5. The van der Waals surface area contributed by atoms with Crippen LogP contribution in [0.2, 0.25) is 5.02 Å². The maximum atomic E-state index is 11.2. The number of rotatable bonds is 3. The van der Waals surface area contributed by atoms with E-state index >= 15 is 0 Å². The number of H-pyrrole nitrogens is 1. The molecule has 1 heterocycles. The summed E-state index contributed by atoms with van der Waals surface area (Å²) in [6.07, 6.45) is -0.0225. The molecule has 0 fully saturated rings. The molecule has 0 saturated heterocycles. The van der Waals surface area contributed by atoms with Gasteiger partial charge in [0.2, 0.25) is 0 Å². The molecule has 0 spiro atoms. The summed E-state index contributed by atoms with van der Waals surface area (Å²) in [5.74, 6) is -0.847. The predicted molar refractivity (Wildman–Crippen MR) is 84.8 cm³/mol. The maximum Gasteiger partial charge on any atom is 0.307 e. The number of carboxylic acid groups (broad SMARTS) is 1. The number of nitrogens with one attached hydrogen (secondary N) is 1. The van der Waals surface area contributed by atoms with Gasteiger partial charge >= 0.3 is 5.97 Å². The summed E-state index contributed by atoms with van der Waals surface area (Å²) in [6, 6.07) is 13.3. The highest BCUT2D eigenvalue weighted by molar-refractivity contribution is 6.30. The molecule has 2 aromatic carbocycles. The van der Waals surface area contributed by atoms with Crippen LogP contribution in [0.25, 0.3) is 22.2 Å². The van der Waals surface area contributed by atoms with Crippen molar-refractivity contribution < 1.29 is 9.90 Å². The molecule has 1 aromatic heterocycles. The van der Waals surface area contributed by atoms with Crippen LogP contribution in [-0.4, -0.2) is 16.1 Å². The molecule has 3 nitrogen and oxygen atoms in total. The van der Waals surface area contributed by atoms with Crippen molar-refractivity contribution in [2.24, 2.45) is 0 Å². The second-order valence-corrected chi connectivity index (χ2v) is 5.49. The topological polar surface area (TPSA) is 53.1 Å². The Kier molecular flexibility index (Phi) is 3.43. The molecule has 0 amide bonds. The Balaban J connectivity index is 2.30. The summed E-state index contributed by atoms with van der Waals surface area (Å²) in [5, 5.41) is 10.8. The fraction of sp³-hybridized carbons (Fsp3) is 0.118. The van der Waals surface area contributed by atoms with Gasteiger partial charge < -0.3 is 10.1 Å².